The van der Waals surface area contributed by atoms with E-state index in [1.807, 2.05) is 0 Å². The number of rotatable bonds is 2. The van der Waals surface area contributed by atoms with Gasteiger partial charge in [0.15, 0.2) is 11.5 Å². The van der Waals surface area contributed by atoms with Crippen molar-refractivity contribution in [3.63, 3.8) is 0 Å². The van der Waals surface area contributed by atoms with Crippen LogP contribution in [0.2, 0.25) is 0 Å². The van der Waals surface area contributed by atoms with Crippen molar-refractivity contribution in [3.05, 3.63) is 23.3 Å². The molecule has 0 aromatic heterocycles. The number of carboxylic acid groups (broad SMARTS) is 2. The van der Waals surface area contributed by atoms with Gasteiger partial charge in [0.2, 0.25) is 0 Å². The number of carboxylic acids is 2. The van der Waals surface area contributed by atoms with Crippen LogP contribution in [0.15, 0.2) is 12.1 Å². The topological polar surface area (TPSA) is 93.1 Å². The summed E-state index contributed by atoms with van der Waals surface area (Å²) in [5.41, 5.74) is -0.679. The lowest BCUT2D eigenvalue weighted by Gasteiger charge is -2.20. The number of aromatic carboxylic acids is 2. The number of ether oxygens (including phenoxy) is 2. The van der Waals surface area contributed by atoms with Gasteiger partial charge in [-0.25, -0.2) is 9.59 Å². The minimum atomic E-state index is -1.35. The van der Waals surface area contributed by atoms with Crippen LogP contribution in [0.4, 0.5) is 0 Å². The van der Waals surface area contributed by atoms with Gasteiger partial charge in [0.1, 0.15) is 18.8 Å². The van der Waals surface area contributed by atoms with E-state index in [4.69, 9.17) is 19.7 Å². The molecule has 6 nitrogen and oxygen atoms in total. The molecule has 0 amide bonds. The fraction of sp³-hybridized carbons (Fsp3) is 0.200. The van der Waals surface area contributed by atoms with E-state index in [0.29, 0.717) is 6.61 Å². The van der Waals surface area contributed by atoms with Crippen molar-refractivity contribution in [1.82, 2.24) is 0 Å². The Morgan fingerprint density at radius 1 is 1.06 bits per heavy atom. The molecule has 16 heavy (non-hydrogen) atoms. The largest absolute Gasteiger partial charge is 0.486 e. The predicted molar refractivity (Wildman–Crippen MR) is 51.4 cm³/mol. The van der Waals surface area contributed by atoms with E-state index in [1.54, 1.807) is 0 Å². The molecular weight excluding hydrogens is 216 g/mol. The third-order valence-electron chi connectivity index (χ3n) is 2.15. The molecule has 84 valence electrons. The van der Waals surface area contributed by atoms with Gasteiger partial charge in [-0.3, -0.25) is 0 Å². The molecule has 0 saturated carbocycles. The van der Waals surface area contributed by atoms with Crippen LogP contribution in [0.25, 0.3) is 0 Å². The van der Waals surface area contributed by atoms with E-state index in [1.165, 1.54) is 12.1 Å². The molecule has 0 aliphatic carbocycles. The molecule has 0 atom stereocenters. The summed E-state index contributed by atoms with van der Waals surface area (Å²) >= 11 is 0. The monoisotopic (exact) mass is 224 g/mol. The van der Waals surface area contributed by atoms with Crippen molar-refractivity contribution >= 4 is 11.9 Å². The predicted octanol–water partition coefficient (Wildman–Crippen LogP) is 0.854. The lowest BCUT2D eigenvalue weighted by atomic mass is 10.1. The Bertz CT molecular complexity index is 465. The zero-order chi connectivity index (χ0) is 11.7. The van der Waals surface area contributed by atoms with E-state index in [2.05, 4.69) is 0 Å². The van der Waals surface area contributed by atoms with Crippen molar-refractivity contribution in [2.24, 2.45) is 0 Å². The molecule has 1 heterocycles. The van der Waals surface area contributed by atoms with E-state index in [-0.39, 0.29) is 29.2 Å². The Labute approximate surface area is 90.0 Å². The van der Waals surface area contributed by atoms with Crippen molar-refractivity contribution < 1.29 is 29.3 Å². The summed E-state index contributed by atoms with van der Waals surface area (Å²) < 4.78 is 10.3. The maximum atomic E-state index is 11.0. The van der Waals surface area contributed by atoms with Crippen LogP contribution in [-0.4, -0.2) is 35.4 Å². The third kappa shape index (κ3) is 1.54. The lowest BCUT2D eigenvalue weighted by Crippen LogP contribution is -2.19. The fourth-order valence-corrected chi connectivity index (χ4v) is 1.51. The molecule has 2 rings (SSSR count). The molecule has 1 aromatic carbocycles. The van der Waals surface area contributed by atoms with Gasteiger partial charge in [-0.2, -0.15) is 0 Å². The molecule has 0 fully saturated rings. The quantitative estimate of drug-likeness (QED) is 0.773. The average molecular weight is 224 g/mol. The highest BCUT2D eigenvalue weighted by molar-refractivity contribution is 6.04. The van der Waals surface area contributed by atoms with E-state index in [9.17, 15) is 9.59 Å². The van der Waals surface area contributed by atoms with Gasteiger partial charge in [0.05, 0.1) is 5.56 Å². The fourth-order valence-electron chi connectivity index (χ4n) is 1.51. The van der Waals surface area contributed by atoms with Gasteiger partial charge in [-0.15, -0.1) is 0 Å². The molecule has 1 aliphatic heterocycles. The third-order valence-corrected chi connectivity index (χ3v) is 2.15. The zero-order valence-corrected chi connectivity index (χ0v) is 8.10. The lowest BCUT2D eigenvalue weighted by molar-refractivity contribution is 0.0642. The molecule has 1 aliphatic rings. The van der Waals surface area contributed by atoms with Gasteiger partial charge in [-0.05, 0) is 12.1 Å². The van der Waals surface area contributed by atoms with Gasteiger partial charge < -0.3 is 19.7 Å². The summed E-state index contributed by atoms with van der Waals surface area (Å²) in [6.07, 6.45) is 0. The van der Waals surface area contributed by atoms with Crippen LogP contribution >= 0.6 is 0 Å². The summed E-state index contributed by atoms with van der Waals surface area (Å²) in [5, 5.41) is 17.8. The molecule has 1 aromatic rings. The summed E-state index contributed by atoms with van der Waals surface area (Å²) in [6.45, 7) is 0.523. The Kier molecular flexibility index (Phi) is 2.40. The van der Waals surface area contributed by atoms with Crippen molar-refractivity contribution in [2.75, 3.05) is 13.2 Å². The Morgan fingerprint density at radius 3 is 2.38 bits per heavy atom. The molecule has 0 unspecified atom stereocenters. The Morgan fingerprint density at radius 2 is 1.75 bits per heavy atom. The first kappa shape index (κ1) is 10.3. The first-order valence-electron chi connectivity index (χ1n) is 4.50. The minimum absolute atomic E-state index is 0.0151. The molecule has 0 spiro atoms. The molecule has 6 heteroatoms. The Hall–Kier alpha value is -2.24. The number of hydrogen-bond acceptors (Lipinski definition) is 4. The Balaban J connectivity index is 2.66. The summed E-state index contributed by atoms with van der Waals surface area (Å²) in [7, 11) is 0. The number of benzene rings is 1. The van der Waals surface area contributed by atoms with Crippen LogP contribution < -0.4 is 9.47 Å². The second-order valence-electron chi connectivity index (χ2n) is 3.12. The first-order valence-corrected chi connectivity index (χ1v) is 4.50. The summed E-state index contributed by atoms with van der Waals surface area (Å²) in [6, 6.07) is 2.59. The summed E-state index contributed by atoms with van der Waals surface area (Å²) in [4.78, 5) is 21.9. The minimum Gasteiger partial charge on any atom is -0.486 e. The average Bonchev–Trinajstić information content (AvgIpc) is 2.27. The van der Waals surface area contributed by atoms with Crippen LogP contribution in [0.3, 0.4) is 0 Å². The molecule has 0 saturated heterocycles. The van der Waals surface area contributed by atoms with Crippen molar-refractivity contribution in [3.8, 4) is 11.5 Å². The molecule has 2 N–H and O–H groups in total. The molecular formula is C10H8O6. The molecule has 0 bridgehead atoms. The normalized spacial score (nSPS) is 13.2. The second kappa shape index (κ2) is 3.73. The molecule has 0 radical (unpaired) electrons. The number of fused-ring (bicyclic) bond motifs is 1. The maximum absolute atomic E-state index is 11.0. The van der Waals surface area contributed by atoms with Crippen LogP contribution in [0, 0.1) is 0 Å². The number of hydrogen-bond donors (Lipinski definition) is 2. The van der Waals surface area contributed by atoms with Crippen LogP contribution in [0.5, 0.6) is 11.5 Å². The summed E-state index contributed by atoms with van der Waals surface area (Å²) in [5.74, 6) is -2.42. The number of carbonyl (C=O) groups is 2. The SMILES string of the molecule is O=C(O)c1ccc2c(c1C(=O)O)OCCO2. The van der Waals surface area contributed by atoms with E-state index >= 15 is 0 Å². The highest BCUT2D eigenvalue weighted by atomic mass is 16.6. The first-order chi connectivity index (χ1) is 7.61. The van der Waals surface area contributed by atoms with Gasteiger partial charge in [0, 0.05) is 0 Å². The van der Waals surface area contributed by atoms with E-state index < -0.39 is 11.9 Å². The highest BCUT2D eigenvalue weighted by Crippen LogP contribution is 2.35. The van der Waals surface area contributed by atoms with Crippen LogP contribution in [0.1, 0.15) is 20.7 Å². The second-order valence-corrected chi connectivity index (χ2v) is 3.12. The standard InChI is InChI=1S/C10H8O6/c11-9(12)5-1-2-6-8(7(5)10(13)14)16-4-3-15-6/h1-2H,3-4H2,(H,11,12)(H,13,14). The van der Waals surface area contributed by atoms with E-state index in [0.717, 1.165) is 0 Å². The van der Waals surface area contributed by atoms with Crippen molar-refractivity contribution in [2.45, 2.75) is 0 Å². The smallest absolute Gasteiger partial charge is 0.340 e. The van der Waals surface area contributed by atoms with Crippen molar-refractivity contribution in [1.29, 1.82) is 0 Å². The van der Waals surface area contributed by atoms with Gasteiger partial charge in [0.25, 0.3) is 0 Å². The maximum Gasteiger partial charge on any atom is 0.340 e. The van der Waals surface area contributed by atoms with Gasteiger partial charge >= 0.3 is 11.9 Å². The van der Waals surface area contributed by atoms with Gasteiger partial charge in [-0.1, -0.05) is 0 Å². The highest BCUT2D eigenvalue weighted by Gasteiger charge is 2.26. The van der Waals surface area contributed by atoms with Crippen LogP contribution in [-0.2, 0) is 0 Å². The zero-order valence-electron chi connectivity index (χ0n) is 8.10.